The normalized spacial score (nSPS) is 20.5. The molecular formula is C17H24N6O2. The minimum atomic E-state index is -0.963. The summed E-state index contributed by atoms with van der Waals surface area (Å²) in [6.07, 6.45) is 7.05. The monoisotopic (exact) mass is 344 g/mol. The number of carbonyl (C=O) groups is 1. The molecule has 1 aliphatic rings. The molecule has 0 bridgehead atoms. The number of aliphatic hydroxyl groups is 1. The van der Waals surface area contributed by atoms with E-state index in [-0.39, 0.29) is 12.5 Å². The fourth-order valence-electron chi connectivity index (χ4n) is 3.04. The van der Waals surface area contributed by atoms with Crippen molar-refractivity contribution < 1.29 is 9.90 Å². The molecule has 134 valence electrons. The van der Waals surface area contributed by atoms with Gasteiger partial charge in [0.2, 0.25) is 11.9 Å². The van der Waals surface area contributed by atoms with Crippen molar-refractivity contribution in [2.75, 3.05) is 24.5 Å². The summed E-state index contributed by atoms with van der Waals surface area (Å²) in [5.41, 5.74) is -0.0322. The van der Waals surface area contributed by atoms with Gasteiger partial charge in [-0.25, -0.2) is 9.97 Å². The lowest BCUT2D eigenvalue weighted by Crippen LogP contribution is -2.54. The van der Waals surface area contributed by atoms with Gasteiger partial charge in [0.25, 0.3) is 0 Å². The summed E-state index contributed by atoms with van der Waals surface area (Å²) >= 11 is 0. The Labute approximate surface area is 146 Å². The van der Waals surface area contributed by atoms with Gasteiger partial charge in [-0.3, -0.25) is 9.48 Å². The Bertz CT molecular complexity index is 704. The number of carbonyl (C=O) groups excluding carboxylic acids is 1. The molecule has 3 rings (SSSR count). The fourth-order valence-corrected chi connectivity index (χ4v) is 3.04. The highest BCUT2D eigenvalue weighted by Gasteiger charge is 2.34. The number of aromatic nitrogens is 4. The second-order valence-electron chi connectivity index (χ2n) is 6.55. The summed E-state index contributed by atoms with van der Waals surface area (Å²) in [5, 5.41) is 17.9. The first kappa shape index (κ1) is 17.3. The number of hydrogen-bond acceptors (Lipinski definition) is 6. The molecule has 0 aromatic carbocycles. The number of piperidine rings is 1. The van der Waals surface area contributed by atoms with Crippen molar-refractivity contribution in [3.05, 3.63) is 36.4 Å². The van der Waals surface area contributed by atoms with Crippen LogP contribution in [0.25, 0.3) is 0 Å². The van der Waals surface area contributed by atoms with Gasteiger partial charge in [0, 0.05) is 44.6 Å². The van der Waals surface area contributed by atoms with Crippen molar-refractivity contribution in [3.63, 3.8) is 0 Å². The van der Waals surface area contributed by atoms with Crippen LogP contribution in [-0.2, 0) is 11.3 Å². The topological polar surface area (TPSA) is 96.2 Å². The Morgan fingerprint density at radius 3 is 2.92 bits per heavy atom. The smallest absolute Gasteiger partial charge is 0.225 e. The molecule has 0 radical (unpaired) electrons. The van der Waals surface area contributed by atoms with Gasteiger partial charge in [-0.2, -0.15) is 5.10 Å². The summed E-state index contributed by atoms with van der Waals surface area (Å²) in [6.45, 7) is 3.89. The number of rotatable bonds is 6. The highest BCUT2D eigenvalue weighted by Crippen LogP contribution is 2.23. The van der Waals surface area contributed by atoms with Gasteiger partial charge < -0.3 is 15.3 Å². The lowest BCUT2D eigenvalue weighted by molar-refractivity contribution is -0.122. The molecule has 8 heteroatoms. The number of amides is 1. The number of anilines is 1. The predicted molar refractivity (Wildman–Crippen MR) is 93.0 cm³/mol. The van der Waals surface area contributed by atoms with Gasteiger partial charge in [-0.1, -0.05) is 0 Å². The van der Waals surface area contributed by atoms with Crippen LogP contribution in [-0.4, -0.2) is 56.0 Å². The van der Waals surface area contributed by atoms with E-state index in [1.54, 1.807) is 23.1 Å². The minimum Gasteiger partial charge on any atom is -0.386 e. The first-order valence-electron chi connectivity index (χ1n) is 8.55. The molecule has 2 N–H and O–H groups in total. The van der Waals surface area contributed by atoms with E-state index < -0.39 is 5.60 Å². The molecular weight excluding hydrogens is 320 g/mol. The fraction of sp³-hybridized carbons (Fsp3) is 0.529. The Morgan fingerprint density at radius 2 is 2.20 bits per heavy atom. The largest absolute Gasteiger partial charge is 0.386 e. The average Bonchev–Trinajstić information content (AvgIpc) is 3.04. The SMILES string of the molecule is Cc1ccn(CCC(=O)NCC2(O)CCCN(c3ncccn3)C2)n1. The van der Waals surface area contributed by atoms with Gasteiger partial charge in [0.15, 0.2) is 0 Å². The standard InChI is InChI=1S/C17H24N6O2/c1-14-4-10-23(21-14)11-5-15(24)20-12-17(25)6-2-9-22(13-17)16-18-7-3-8-19-16/h3-4,7-8,10,25H,2,5-6,9,11-13H2,1H3,(H,20,24). The van der Waals surface area contributed by atoms with Gasteiger partial charge >= 0.3 is 0 Å². The van der Waals surface area contributed by atoms with Gasteiger partial charge in [-0.05, 0) is 31.9 Å². The molecule has 25 heavy (non-hydrogen) atoms. The van der Waals surface area contributed by atoms with Crippen LogP contribution in [0.2, 0.25) is 0 Å². The van der Waals surface area contributed by atoms with Gasteiger partial charge in [0.05, 0.1) is 17.8 Å². The molecule has 1 aliphatic heterocycles. The van der Waals surface area contributed by atoms with E-state index in [2.05, 4.69) is 20.4 Å². The Morgan fingerprint density at radius 1 is 1.40 bits per heavy atom. The highest BCUT2D eigenvalue weighted by atomic mass is 16.3. The molecule has 0 saturated carbocycles. The van der Waals surface area contributed by atoms with E-state index in [0.29, 0.717) is 31.9 Å². The van der Waals surface area contributed by atoms with E-state index in [1.165, 1.54) is 0 Å². The zero-order chi connectivity index (χ0) is 17.7. The van der Waals surface area contributed by atoms with E-state index in [1.807, 2.05) is 24.1 Å². The second kappa shape index (κ2) is 7.60. The van der Waals surface area contributed by atoms with Crippen LogP contribution in [0.5, 0.6) is 0 Å². The van der Waals surface area contributed by atoms with Gasteiger partial charge in [0.1, 0.15) is 0 Å². The van der Waals surface area contributed by atoms with Crippen molar-refractivity contribution in [2.24, 2.45) is 0 Å². The van der Waals surface area contributed by atoms with Crippen molar-refractivity contribution >= 4 is 11.9 Å². The Balaban J connectivity index is 1.48. The number of nitrogens with one attached hydrogen (secondary N) is 1. The highest BCUT2D eigenvalue weighted by molar-refractivity contribution is 5.75. The number of aryl methyl sites for hydroxylation is 2. The van der Waals surface area contributed by atoms with E-state index in [4.69, 9.17) is 0 Å². The molecule has 2 aromatic heterocycles. The molecule has 1 fully saturated rings. The summed E-state index contributed by atoms with van der Waals surface area (Å²) in [5.74, 6) is 0.524. The third kappa shape index (κ3) is 4.76. The summed E-state index contributed by atoms with van der Waals surface area (Å²) in [4.78, 5) is 22.5. The maximum Gasteiger partial charge on any atom is 0.225 e. The number of β-amino-alcohol motifs (C(OH)–C–C–N with tert-alkyl or cyclic N) is 1. The number of hydrogen-bond donors (Lipinski definition) is 2. The summed E-state index contributed by atoms with van der Waals surface area (Å²) in [6, 6.07) is 3.67. The first-order chi connectivity index (χ1) is 12.0. The van der Waals surface area contributed by atoms with Crippen LogP contribution in [0.1, 0.15) is 25.0 Å². The van der Waals surface area contributed by atoms with Crippen molar-refractivity contribution in [3.8, 4) is 0 Å². The van der Waals surface area contributed by atoms with Crippen LogP contribution in [0.4, 0.5) is 5.95 Å². The zero-order valence-electron chi connectivity index (χ0n) is 14.4. The zero-order valence-corrected chi connectivity index (χ0v) is 14.4. The second-order valence-corrected chi connectivity index (χ2v) is 6.55. The van der Waals surface area contributed by atoms with Crippen molar-refractivity contribution in [2.45, 2.75) is 38.3 Å². The molecule has 1 unspecified atom stereocenters. The molecule has 0 aliphatic carbocycles. The summed E-state index contributed by atoms with van der Waals surface area (Å²) in [7, 11) is 0. The van der Waals surface area contributed by atoms with Crippen LogP contribution < -0.4 is 10.2 Å². The lowest BCUT2D eigenvalue weighted by atomic mass is 9.93. The van der Waals surface area contributed by atoms with Crippen LogP contribution in [0.3, 0.4) is 0 Å². The number of nitrogens with zero attached hydrogens (tertiary/aromatic N) is 5. The minimum absolute atomic E-state index is 0.0883. The molecule has 0 spiro atoms. The van der Waals surface area contributed by atoms with E-state index in [0.717, 1.165) is 18.7 Å². The summed E-state index contributed by atoms with van der Waals surface area (Å²) < 4.78 is 1.75. The Hall–Kier alpha value is -2.48. The molecule has 1 atom stereocenters. The lowest BCUT2D eigenvalue weighted by Gasteiger charge is -2.39. The Kier molecular flexibility index (Phi) is 5.28. The average molecular weight is 344 g/mol. The van der Waals surface area contributed by atoms with Crippen molar-refractivity contribution in [1.29, 1.82) is 0 Å². The van der Waals surface area contributed by atoms with Crippen LogP contribution in [0, 0.1) is 6.92 Å². The van der Waals surface area contributed by atoms with Crippen LogP contribution >= 0.6 is 0 Å². The predicted octanol–water partition coefficient (Wildman–Crippen LogP) is 0.519. The van der Waals surface area contributed by atoms with Crippen LogP contribution in [0.15, 0.2) is 30.7 Å². The third-order valence-electron chi connectivity index (χ3n) is 4.35. The first-order valence-corrected chi connectivity index (χ1v) is 8.55. The van der Waals surface area contributed by atoms with Gasteiger partial charge in [-0.15, -0.1) is 0 Å². The molecule has 1 amide bonds. The molecule has 2 aromatic rings. The molecule has 1 saturated heterocycles. The van der Waals surface area contributed by atoms with Crippen molar-refractivity contribution in [1.82, 2.24) is 25.1 Å². The maximum atomic E-state index is 12.1. The van der Waals surface area contributed by atoms with E-state index >= 15 is 0 Å². The quantitative estimate of drug-likeness (QED) is 0.793. The third-order valence-corrected chi connectivity index (χ3v) is 4.35. The molecule has 8 nitrogen and oxygen atoms in total. The maximum absolute atomic E-state index is 12.1. The molecule has 3 heterocycles. The van der Waals surface area contributed by atoms with E-state index in [9.17, 15) is 9.90 Å².